The highest BCUT2D eigenvalue weighted by atomic mass is 16.5. The summed E-state index contributed by atoms with van der Waals surface area (Å²) in [5.41, 5.74) is 3.13. The van der Waals surface area contributed by atoms with Crippen LogP contribution in [0, 0.1) is 6.92 Å². The molecule has 0 radical (unpaired) electrons. The van der Waals surface area contributed by atoms with Crippen molar-refractivity contribution in [1.29, 1.82) is 0 Å². The van der Waals surface area contributed by atoms with Gasteiger partial charge in [-0.3, -0.25) is 14.4 Å². The number of nitrogens with one attached hydrogen (secondary N) is 1. The number of hydrogen-bond donors (Lipinski definition) is 1. The Morgan fingerprint density at radius 3 is 2.12 bits per heavy atom. The number of aryl methyl sites for hydroxylation is 2. The third-order valence-electron chi connectivity index (χ3n) is 3.76. The molecule has 1 amide bonds. The molecule has 0 unspecified atom stereocenters. The SMILES string of the molecule is CCc1ccc(C(=O)COC(=O)CNC(=O)c2ccc(C)cc2)cc1. The van der Waals surface area contributed by atoms with E-state index in [-0.39, 0.29) is 24.8 Å². The summed E-state index contributed by atoms with van der Waals surface area (Å²) in [6, 6.07) is 14.2. The number of carbonyl (C=O) groups excluding carboxylic acids is 3. The minimum absolute atomic E-state index is 0.277. The van der Waals surface area contributed by atoms with Crippen molar-refractivity contribution in [3.63, 3.8) is 0 Å². The summed E-state index contributed by atoms with van der Waals surface area (Å²) in [4.78, 5) is 35.6. The summed E-state index contributed by atoms with van der Waals surface area (Å²) in [6.07, 6.45) is 0.893. The van der Waals surface area contributed by atoms with Crippen molar-refractivity contribution in [1.82, 2.24) is 5.32 Å². The maximum absolute atomic E-state index is 12.0. The maximum Gasteiger partial charge on any atom is 0.325 e. The van der Waals surface area contributed by atoms with E-state index < -0.39 is 5.97 Å². The van der Waals surface area contributed by atoms with Gasteiger partial charge in [0.05, 0.1) is 0 Å². The second-order valence-electron chi connectivity index (χ2n) is 5.68. The fraction of sp³-hybridized carbons (Fsp3) is 0.250. The van der Waals surface area contributed by atoms with Crippen molar-refractivity contribution in [2.75, 3.05) is 13.2 Å². The van der Waals surface area contributed by atoms with E-state index in [1.165, 1.54) is 0 Å². The lowest BCUT2D eigenvalue weighted by Crippen LogP contribution is -2.31. The normalized spacial score (nSPS) is 10.2. The molecule has 25 heavy (non-hydrogen) atoms. The number of esters is 1. The van der Waals surface area contributed by atoms with Gasteiger partial charge in [-0.2, -0.15) is 0 Å². The molecule has 1 N–H and O–H groups in total. The van der Waals surface area contributed by atoms with Gasteiger partial charge in [-0.1, -0.05) is 48.9 Å². The van der Waals surface area contributed by atoms with Crippen LogP contribution in [-0.2, 0) is 16.0 Å². The zero-order chi connectivity index (χ0) is 18.2. The first-order chi connectivity index (χ1) is 12.0. The van der Waals surface area contributed by atoms with E-state index in [0.717, 1.165) is 17.5 Å². The van der Waals surface area contributed by atoms with Crippen LogP contribution < -0.4 is 5.32 Å². The third kappa shape index (κ3) is 5.57. The zero-order valence-electron chi connectivity index (χ0n) is 14.4. The molecule has 0 spiro atoms. The predicted octanol–water partition coefficient (Wildman–Crippen LogP) is 2.71. The largest absolute Gasteiger partial charge is 0.456 e. The average molecular weight is 339 g/mol. The van der Waals surface area contributed by atoms with E-state index in [9.17, 15) is 14.4 Å². The molecule has 130 valence electrons. The van der Waals surface area contributed by atoms with Gasteiger partial charge in [-0.05, 0) is 31.0 Å². The van der Waals surface area contributed by atoms with Crippen LogP contribution in [0.1, 0.15) is 38.8 Å². The monoisotopic (exact) mass is 339 g/mol. The lowest BCUT2D eigenvalue weighted by molar-refractivity contribution is -0.141. The van der Waals surface area contributed by atoms with E-state index in [1.54, 1.807) is 24.3 Å². The van der Waals surface area contributed by atoms with Crippen LogP contribution in [0.15, 0.2) is 48.5 Å². The van der Waals surface area contributed by atoms with Crippen molar-refractivity contribution in [2.24, 2.45) is 0 Å². The van der Waals surface area contributed by atoms with E-state index in [2.05, 4.69) is 5.32 Å². The minimum atomic E-state index is -0.654. The van der Waals surface area contributed by atoms with Gasteiger partial charge in [-0.15, -0.1) is 0 Å². The van der Waals surface area contributed by atoms with Gasteiger partial charge in [0.25, 0.3) is 5.91 Å². The summed E-state index contributed by atoms with van der Waals surface area (Å²) in [5, 5.41) is 2.47. The summed E-state index contributed by atoms with van der Waals surface area (Å²) in [6.45, 7) is 3.33. The van der Waals surface area contributed by atoms with Crippen LogP contribution in [0.5, 0.6) is 0 Å². The molecule has 2 aromatic rings. The van der Waals surface area contributed by atoms with Crippen molar-refractivity contribution < 1.29 is 19.1 Å². The van der Waals surface area contributed by atoms with Crippen LogP contribution in [0.4, 0.5) is 0 Å². The van der Waals surface area contributed by atoms with Crippen molar-refractivity contribution >= 4 is 17.7 Å². The molecule has 0 bridgehead atoms. The zero-order valence-corrected chi connectivity index (χ0v) is 14.4. The number of hydrogen-bond acceptors (Lipinski definition) is 4. The highest BCUT2D eigenvalue weighted by molar-refractivity contribution is 5.98. The summed E-state index contributed by atoms with van der Waals surface area (Å²) >= 11 is 0. The lowest BCUT2D eigenvalue weighted by atomic mass is 10.1. The minimum Gasteiger partial charge on any atom is -0.456 e. The summed E-state index contributed by atoms with van der Waals surface area (Å²) in [7, 11) is 0. The highest BCUT2D eigenvalue weighted by Gasteiger charge is 2.12. The van der Waals surface area contributed by atoms with Crippen molar-refractivity contribution in [3.05, 3.63) is 70.8 Å². The van der Waals surface area contributed by atoms with E-state index >= 15 is 0 Å². The number of ketones is 1. The lowest BCUT2D eigenvalue weighted by Gasteiger charge is -2.07. The van der Waals surface area contributed by atoms with Crippen LogP contribution in [0.2, 0.25) is 0 Å². The van der Waals surface area contributed by atoms with E-state index in [1.807, 2.05) is 38.1 Å². The summed E-state index contributed by atoms with van der Waals surface area (Å²) in [5.74, 6) is -1.29. The Bertz CT molecular complexity index is 748. The Morgan fingerprint density at radius 2 is 1.52 bits per heavy atom. The molecule has 0 aliphatic heterocycles. The smallest absolute Gasteiger partial charge is 0.325 e. The molecule has 0 atom stereocenters. The predicted molar refractivity (Wildman–Crippen MR) is 94.6 cm³/mol. The van der Waals surface area contributed by atoms with Gasteiger partial charge in [0.2, 0.25) is 0 Å². The molecule has 2 rings (SSSR count). The Labute approximate surface area is 147 Å². The molecule has 0 heterocycles. The van der Waals surface area contributed by atoms with Crippen LogP contribution in [0.25, 0.3) is 0 Å². The number of benzene rings is 2. The number of amides is 1. The Balaban J connectivity index is 1.77. The first-order valence-corrected chi connectivity index (χ1v) is 8.12. The number of Topliss-reactive ketones (excluding diaryl/α,β-unsaturated/α-hetero) is 1. The Hall–Kier alpha value is -2.95. The molecule has 0 aliphatic rings. The second-order valence-corrected chi connectivity index (χ2v) is 5.68. The molecule has 2 aromatic carbocycles. The number of ether oxygens (including phenoxy) is 1. The van der Waals surface area contributed by atoms with Crippen molar-refractivity contribution in [2.45, 2.75) is 20.3 Å². The molecule has 0 aromatic heterocycles. The first kappa shape index (κ1) is 18.4. The highest BCUT2D eigenvalue weighted by Crippen LogP contribution is 2.06. The number of carbonyl (C=O) groups is 3. The molecular formula is C20H21NO4. The quantitative estimate of drug-likeness (QED) is 0.622. The van der Waals surface area contributed by atoms with Gasteiger partial charge in [0, 0.05) is 11.1 Å². The molecule has 0 fully saturated rings. The second kappa shape index (κ2) is 8.78. The van der Waals surface area contributed by atoms with E-state index in [4.69, 9.17) is 4.74 Å². The Morgan fingerprint density at radius 1 is 0.920 bits per heavy atom. The molecule has 5 nitrogen and oxygen atoms in total. The first-order valence-electron chi connectivity index (χ1n) is 8.12. The van der Waals surface area contributed by atoms with Gasteiger partial charge in [-0.25, -0.2) is 0 Å². The van der Waals surface area contributed by atoms with Crippen LogP contribution in [0.3, 0.4) is 0 Å². The topological polar surface area (TPSA) is 72.5 Å². The van der Waals surface area contributed by atoms with Crippen molar-refractivity contribution in [3.8, 4) is 0 Å². The molecular weight excluding hydrogens is 318 g/mol. The fourth-order valence-electron chi connectivity index (χ4n) is 2.17. The molecule has 5 heteroatoms. The number of rotatable bonds is 7. The van der Waals surface area contributed by atoms with Gasteiger partial charge >= 0.3 is 5.97 Å². The van der Waals surface area contributed by atoms with Gasteiger partial charge in [0.15, 0.2) is 12.4 Å². The maximum atomic E-state index is 12.0. The summed E-state index contributed by atoms with van der Waals surface area (Å²) < 4.78 is 4.92. The average Bonchev–Trinajstić information content (AvgIpc) is 2.64. The molecule has 0 saturated heterocycles. The van der Waals surface area contributed by atoms with Gasteiger partial charge in [0.1, 0.15) is 6.54 Å². The van der Waals surface area contributed by atoms with Crippen LogP contribution >= 0.6 is 0 Å². The van der Waals surface area contributed by atoms with E-state index in [0.29, 0.717) is 11.1 Å². The third-order valence-corrected chi connectivity index (χ3v) is 3.76. The fourth-order valence-corrected chi connectivity index (χ4v) is 2.17. The Kier molecular flexibility index (Phi) is 6.46. The molecule has 0 aliphatic carbocycles. The standard InChI is InChI=1S/C20H21NO4/c1-3-15-6-10-16(11-7-15)18(22)13-25-19(23)12-21-20(24)17-8-4-14(2)5-9-17/h4-11H,3,12-13H2,1-2H3,(H,21,24). The molecule has 0 saturated carbocycles. The van der Waals surface area contributed by atoms with Crippen LogP contribution in [-0.4, -0.2) is 30.8 Å². The van der Waals surface area contributed by atoms with Gasteiger partial charge < -0.3 is 10.1 Å².